The van der Waals surface area contributed by atoms with E-state index >= 15 is 0 Å². The number of hydrogen-bond acceptors (Lipinski definition) is 3. The first-order valence-electron chi connectivity index (χ1n) is 4.84. The molecule has 0 unspecified atom stereocenters. The molecule has 0 aromatic carbocycles. The summed E-state index contributed by atoms with van der Waals surface area (Å²) in [5.41, 5.74) is -0.189. The van der Waals surface area contributed by atoms with Crippen LogP contribution in [0, 0.1) is 5.92 Å². The third kappa shape index (κ3) is 1.96. The van der Waals surface area contributed by atoms with Crippen molar-refractivity contribution in [3.8, 4) is 0 Å². The highest BCUT2D eigenvalue weighted by molar-refractivity contribution is 4.66. The van der Waals surface area contributed by atoms with Crippen LogP contribution in [0.5, 0.6) is 0 Å². The molecule has 0 spiro atoms. The van der Waals surface area contributed by atoms with Gasteiger partial charge in [0, 0.05) is 0 Å². The maximum absolute atomic E-state index is 11.1. The molecule has 0 aliphatic heterocycles. The van der Waals surface area contributed by atoms with E-state index < -0.39 is 0 Å². The molecule has 1 heterocycles. The van der Waals surface area contributed by atoms with E-state index in [4.69, 9.17) is 0 Å². The lowest BCUT2D eigenvalue weighted by molar-refractivity contribution is 0.302. The van der Waals surface area contributed by atoms with E-state index in [1.54, 1.807) is 0 Å². The number of nitrogens with zero attached hydrogens (tertiary/aromatic N) is 3. The zero-order valence-corrected chi connectivity index (χ0v) is 7.57. The normalized spacial score (nSPS) is 19.1. The topological polar surface area (TPSA) is 63.6 Å². The number of rotatable bonds is 2. The van der Waals surface area contributed by atoms with Crippen LogP contribution in [0.1, 0.15) is 32.1 Å². The Bertz CT molecular complexity index is 310. The van der Waals surface area contributed by atoms with Crippen molar-refractivity contribution in [3.05, 3.63) is 10.5 Å². The Balaban J connectivity index is 1.97. The molecule has 13 heavy (non-hydrogen) atoms. The molecule has 1 saturated carbocycles. The molecule has 0 bridgehead atoms. The molecular weight excluding hydrogens is 168 g/mol. The maximum Gasteiger partial charge on any atom is 0.361 e. The van der Waals surface area contributed by atoms with E-state index in [2.05, 4.69) is 15.5 Å². The first-order chi connectivity index (χ1) is 6.36. The van der Waals surface area contributed by atoms with Crippen molar-refractivity contribution in [2.24, 2.45) is 5.92 Å². The summed E-state index contributed by atoms with van der Waals surface area (Å²) in [5, 5.41) is 9.48. The van der Waals surface area contributed by atoms with Gasteiger partial charge in [-0.1, -0.05) is 19.3 Å². The molecule has 2 rings (SSSR count). The minimum atomic E-state index is -0.189. The van der Waals surface area contributed by atoms with Gasteiger partial charge < -0.3 is 0 Å². The van der Waals surface area contributed by atoms with Gasteiger partial charge in [0.2, 0.25) is 0 Å². The number of aromatic amines is 1. The zero-order chi connectivity index (χ0) is 9.10. The van der Waals surface area contributed by atoms with Gasteiger partial charge in [0.25, 0.3) is 0 Å². The Morgan fingerprint density at radius 3 is 2.77 bits per heavy atom. The predicted molar refractivity (Wildman–Crippen MR) is 47.2 cm³/mol. The molecule has 1 aromatic heterocycles. The van der Waals surface area contributed by atoms with Crippen LogP contribution in [0.2, 0.25) is 0 Å². The summed E-state index contributed by atoms with van der Waals surface area (Å²) < 4.78 is 1.43. The van der Waals surface area contributed by atoms with Gasteiger partial charge in [-0.15, -0.1) is 0 Å². The molecular formula is C8H14N4O. The summed E-state index contributed by atoms with van der Waals surface area (Å²) in [5.74, 6) is 0.622. The van der Waals surface area contributed by atoms with Gasteiger partial charge in [-0.25, -0.2) is 9.89 Å². The fraction of sp³-hybridized carbons (Fsp3) is 0.875. The lowest BCUT2D eigenvalue weighted by Crippen LogP contribution is -2.24. The van der Waals surface area contributed by atoms with Crippen LogP contribution in [0.25, 0.3) is 0 Å². The largest absolute Gasteiger partial charge is 0.361 e. The molecule has 0 amide bonds. The van der Waals surface area contributed by atoms with Crippen LogP contribution in [0.3, 0.4) is 0 Å². The predicted octanol–water partition coefficient (Wildman–Crippen LogP) is 0.547. The van der Waals surface area contributed by atoms with E-state index in [0.29, 0.717) is 5.92 Å². The quantitative estimate of drug-likeness (QED) is 0.726. The Kier molecular flexibility index (Phi) is 2.42. The van der Waals surface area contributed by atoms with Crippen molar-refractivity contribution in [3.63, 3.8) is 0 Å². The molecule has 1 aromatic rings. The van der Waals surface area contributed by atoms with E-state index in [1.807, 2.05) is 0 Å². The van der Waals surface area contributed by atoms with Gasteiger partial charge in [0.15, 0.2) is 0 Å². The zero-order valence-electron chi connectivity index (χ0n) is 7.57. The highest BCUT2D eigenvalue weighted by Gasteiger charge is 2.15. The number of H-pyrrole nitrogens is 1. The number of tetrazole rings is 1. The van der Waals surface area contributed by atoms with Crippen molar-refractivity contribution in [1.82, 2.24) is 20.2 Å². The number of aromatic nitrogens is 4. The van der Waals surface area contributed by atoms with Gasteiger partial charge in [-0.2, -0.15) is 4.68 Å². The van der Waals surface area contributed by atoms with E-state index in [0.717, 1.165) is 6.54 Å². The summed E-state index contributed by atoms with van der Waals surface area (Å²) in [6.07, 6.45) is 6.36. The highest BCUT2D eigenvalue weighted by Crippen LogP contribution is 2.24. The minimum Gasteiger partial charge on any atom is -0.245 e. The lowest BCUT2D eigenvalue weighted by atomic mass is 9.89. The molecule has 1 aliphatic carbocycles. The van der Waals surface area contributed by atoms with Crippen molar-refractivity contribution >= 4 is 0 Å². The van der Waals surface area contributed by atoms with E-state index in [9.17, 15) is 4.79 Å². The molecule has 1 N–H and O–H groups in total. The van der Waals surface area contributed by atoms with Crippen molar-refractivity contribution in [1.29, 1.82) is 0 Å². The average Bonchev–Trinajstić information content (AvgIpc) is 2.54. The van der Waals surface area contributed by atoms with Gasteiger partial charge in [-0.3, -0.25) is 0 Å². The monoisotopic (exact) mass is 182 g/mol. The van der Waals surface area contributed by atoms with Crippen LogP contribution in [0.4, 0.5) is 0 Å². The second-order valence-corrected chi connectivity index (χ2v) is 3.69. The number of nitrogens with one attached hydrogen (secondary N) is 1. The molecule has 0 saturated heterocycles. The van der Waals surface area contributed by atoms with Crippen LogP contribution in [-0.4, -0.2) is 20.2 Å². The average molecular weight is 182 g/mol. The molecule has 5 nitrogen and oxygen atoms in total. The first kappa shape index (κ1) is 8.47. The standard InChI is InChI=1S/C8H14N4O/c13-8-9-10-11-12(8)6-7-4-2-1-3-5-7/h7H,1-6H2,(H,9,11,13). The second-order valence-electron chi connectivity index (χ2n) is 3.69. The molecule has 1 aliphatic rings. The van der Waals surface area contributed by atoms with E-state index in [-0.39, 0.29) is 5.69 Å². The van der Waals surface area contributed by atoms with Crippen LogP contribution in [-0.2, 0) is 6.54 Å². The molecule has 1 fully saturated rings. The van der Waals surface area contributed by atoms with Crippen molar-refractivity contribution < 1.29 is 0 Å². The Labute approximate surface area is 76.1 Å². The molecule has 5 heteroatoms. The Morgan fingerprint density at radius 2 is 2.15 bits per heavy atom. The van der Waals surface area contributed by atoms with Crippen LogP contribution < -0.4 is 5.69 Å². The third-order valence-electron chi connectivity index (χ3n) is 2.69. The first-order valence-corrected chi connectivity index (χ1v) is 4.84. The smallest absolute Gasteiger partial charge is 0.245 e. The van der Waals surface area contributed by atoms with Gasteiger partial charge >= 0.3 is 5.69 Å². The maximum atomic E-state index is 11.1. The number of hydrogen-bond donors (Lipinski definition) is 1. The van der Waals surface area contributed by atoms with Gasteiger partial charge in [0.1, 0.15) is 0 Å². The SMILES string of the molecule is O=c1[nH]nnn1CC1CCCCC1. The molecule has 0 atom stereocenters. The van der Waals surface area contributed by atoms with Gasteiger partial charge in [0.05, 0.1) is 6.54 Å². The summed E-state index contributed by atoms with van der Waals surface area (Å²) in [6.45, 7) is 0.731. The van der Waals surface area contributed by atoms with Gasteiger partial charge in [-0.05, 0) is 29.2 Å². The van der Waals surface area contributed by atoms with E-state index in [1.165, 1.54) is 36.8 Å². The molecule has 72 valence electrons. The highest BCUT2D eigenvalue weighted by atomic mass is 16.2. The summed E-state index contributed by atoms with van der Waals surface area (Å²) in [4.78, 5) is 11.1. The third-order valence-corrected chi connectivity index (χ3v) is 2.69. The lowest BCUT2D eigenvalue weighted by Gasteiger charge is -2.20. The second kappa shape index (κ2) is 3.72. The minimum absolute atomic E-state index is 0.189. The Morgan fingerprint density at radius 1 is 1.38 bits per heavy atom. The molecule has 0 radical (unpaired) electrons. The summed E-state index contributed by atoms with van der Waals surface area (Å²) >= 11 is 0. The summed E-state index contributed by atoms with van der Waals surface area (Å²) in [7, 11) is 0. The summed E-state index contributed by atoms with van der Waals surface area (Å²) in [6, 6.07) is 0. The van der Waals surface area contributed by atoms with Crippen LogP contribution in [0.15, 0.2) is 4.79 Å². The van der Waals surface area contributed by atoms with Crippen molar-refractivity contribution in [2.45, 2.75) is 38.6 Å². The van der Waals surface area contributed by atoms with Crippen LogP contribution >= 0.6 is 0 Å². The Hall–Kier alpha value is -1.13. The fourth-order valence-corrected chi connectivity index (χ4v) is 1.95. The van der Waals surface area contributed by atoms with Crippen molar-refractivity contribution in [2.75, 3.05) is 0 Å². The fourth-order valence-electron chi connectivity index (χ4n) is 1.95.